The molecule has 2 aromatic carbocycles. The van der Waals surface area contributed by atoms with Crippen molar-refractivity contribution in [3.05, 3.63) is 54.2 Å². The van der Waals surface area contributed by atoms with E-state index in [0.29, 0.717) is 21.2 Å². The van der Waals surface area contributed by atoms with E-state index in [4.69, 9.17) is 4.74 Å². The van der Waals surface area contributed by atoms with Crippen molar-refractivity contribution in [3.63, 3.8) is 0 Å². The highest BCUT2D eigenvalue weighted by Crippen LogP contribution is 2.35. The van der Waals surface area contributed by atoms with Gasteiger partial charge in [-0.2, -0.15) is 5.26 Å². The van der Waals surface area contributed by atoms with Crippen LogP contribution < -0.4 is 0 Å². The quantitative estimate of drug-likeness (QED) is 0.395. The third-order valence-electron chi connectivity index (χ3n) is 4.50. The molecular weight excluding hydrogens is 420 g/mol. The molecule has 0 fully saturated rings. The van der Waals surface area contributed by atoms with Gasteiger partial charge in [0.05, 0.1) is 34.4 Å². The van der Waals surface area contributed by atoms with E-state index in [1.54, 1.807) is 6.07 Å². The molecule has 5 aromatic rings. The van der Waals surface area contributed by atoms with Crippen LogP contribution in [0.1, 0.15) is 11.6 Å². The van der Waals surface area contributed by atoms with E-state index in [0.717, 1.165) is 15.2 Å². The molecule has 0 radical (unpaired) electrons. The van der Waals surface area contributed by atoms with Crippen LogP contribution in [0.5, 0.6) is 0 Å². The van der Waals surface area contributed by atoms with Gasteiger partial charge in [0.25, 0.3) is 0 Å². The second-order valence-corrected chi connectivity index (χ2v) is 8.23. The lowest BCUT2D eigenvalue weighted by atomic mass is 10.1. The van der Waals surface area contributed by atoms with Gasteiger partial charge in [-0.3, -0.25) is 9.20 Å². The standard InChI is InChI=1S/C20H12N6O2S2/c1-28-18(27)11(10-21)16-17(23-13-7-3-2-6-12(13)22-16)30-20-25-24-19-26(20)14-8-4-5-9-15(14)29-19/h2-9,11H,1H3. The first-order chi connectivity index (χ1) is 14.7. The highest BCUT2D eigenvalue weighted by Gasteiger charge is 2.28. The van der Waals surface area contributed by atoms with E-state index in [1.807, 2.05) is 52.9 Å². The molecule has 0 aliphatic carbocycles. The Hall–Kier alpha value is -3.55. The highest BCUT2D eigenvalue weighted by atomic mass is 32.2. The molecule has 0 N–H and O–H groups in total. The monoisotopic (exact) mass is 432 g/mol. The molecule has 0 aliphatic heterocycles. The van der Waals surface area contributed by atoms with Crippen molar-refractivity contribution in [1.82, 2.24) is 24.6 Å². The third kappa shape index (κ3) is 2.96. The minimum atomic E-state index is -1.20. The molecule has 0 amide bonds. The zero-order valence-corrected chi connectivity index (χ0v) is 17.1. The van der Waals surface area contributed by atoms with Gasteiger partial charge in [0.1, 0.15) is 10.7 Å². The number of nitrogens with zero attached hydrogens (tertiary/aromatic N) is 6. The number of aromatic nitrogens is 5. The Bertz CT molecular complexity index is 1470. The summed E-state index contributed by atoms with van der Waals surface area (Å²) in [6, 6.07) is 17.2. The van der Waals surface area contributed by atoms with Crippen molar-refractivity contribution in [2.45, 2.75) is 16.1 Å². The van der Waals surface area contributed by atoms with Crippen LogP contribution in [0.25, 0.3) is 26.2 Å². The summed E-state index contributed by atoms with van der Waals surface area (Å²) in [5.74, 6) is -1.88. The summed E-state index contributed by atoms with van der Waals surface area (Å²) < 4.78 is 7.82. The molecule has 0 spiro atoms. The van der Waals surface area contributed by atoms with Gasteiger partial charge in [0.2, 0.25) is 10.1 Å². The van der Waals surface area contributed by atoms with E-state index in [-0.39, 0.29) is 5.69 Å². The molecule has 3 heterocycles. The molecule has 1 atom stereocenters. The summed E-state index contributed by atoms with van der Waals surface area (Å²) >= 11 is 2.75. The first-order valence-electron chi connectivity index (χ1n) is 8.84. The normalized spacial score (nSPS) is 12.3. The summed E-state index contributed by atoms with van der Waals surface area (Å²) in [4.78, 5) is 22.2. The number of rotatable bonds is 4. The van der Waals surface area contributed by atoms with Crippen LogP contribution in [0, 0.1) is 11.3 Å². The maximum Gasteiger partial charge on any atom is 0.329 e. The number of thiazole rings is 1. The molecular formula is C20H12N6O2S2. The van der Waals surface area contributed by atoms with Crippen LogP contribution in [0.2, 0.25) is 0 Å². The van der Waals surface area contributed by atoms with Gasteiger partial charge < -0.3 is 4.74 Å². The number of carbonyl (C=O) groups is 1. The maximum atomic E-state index is 12.2. The van der Waals surface area contributed by atoms with Crippen molar-refractivity contribution in [1.29, 1.82) is 5.26 Å². The Balaban J connectivity index is 1.70. The number of methoxy groups -OCH3 is 1. The fourth-order valence-electron chi connectivity index (χ4n) is 3.11. The predicted molar refractivity (Wildman–Crippen MR) is 112 cm³/mol. The number of hydrogen-bond acceptors (Lipinski definition) is 9. The molecule has 1 unspecified atom stereocenters. The number of para-hydroxylation sites is 3. The van der Waals surface area contributed by atoms with Crippen molar-refractivity contribution in [3.8, 4) is 6.07 Å². The van der Waals surface area contributed by atoms with Gasteiger partial charge >= 0.3 is 5.97 Å². The van der Waals surface area contributed by atoms with Gasteiger partial charge in [-0.05, 0) is 36.0 Å². The number of ether oxygens (including phenoxy) is 1. The van der Waals surface area contributed by atoms with Crippen molar-refractivity contribution in [2.75, 3.05) is 7.11 Å². The van der Waals surface area contributed by atoms with Gasteiger partial charge in [0, 0.05) is 0 Å². The van der Waals surface area contributed by atoms with Crippen molar-refractivity contribution < 1.29 is 9.53 Å². The Morgan fingerprint density at radius 1 is 1.13 bits per heavy atom. The van der Waals surface area contributed by atoms with E-state index in [2.05, 4.69) is 20.2 Å². The Labute approximate surface area is 178 Å². The summed E-state index contributed by atoms with van der Waals surface area (Å²) in [5.41, 5.74) is 2.46. The van der Waals surface area contributed by atoms with Crippen LogP contribution in [-0.2, 0) is 9.53 Å². The Morgan fingerprint density at radius 2 is 1.87 bits per heavy atom. The fraction of sp³-hybridized carbons (Fsp3) is 0.100. The van der Waals surface area contributed by atoms with Gasteiger partial charge in [0.15, 0.2) is 5.92 Å². The molecule has 30 heavy (non-hydrogen) atoms. The van der Waals surface area contributed by atoms with E-state index in [1.165, 1.54) is 30.2 Å². The van der Waals surface area contributed by atoms with Crippen LogP contribution in [-0.4, -0.2) is 37.6 Å². The van der Waals surface area contributed by atoms with Crippen LogP contribution in [0.15, 0.2) is 58.7 Å². The Kier molecular flexibility index (Phi) is 4.54. The number of fused-ring (bicyclic) bond motifs is 4. The molecule has 146 valence electrons. The van der Waals surface area contributed by atoms with E-state index < -0.39 is 11.9 Å². The minimum Gasteiger partial charge on any atom is -0.468 e. The molecule has 0 aliphatic rings. The minimum absolute atomic E-state index is 0.240. The second-order valence-electron chi connectivity index (χ2n) is 6.26. The molecule has 10 heteroatoms. The SMILES string of the molecule is COC(=O)C(C#N)c1nc2ccccc2nc1Sc1nnc2sc3ccccc3n12. The molecule has 5 rings (SSSR count). The van der Waals surface area contributed by atoms with Gasteiger partial charge in [-0.15, -0.1) is 10.2 Å². The average molecular weight is 432 g/mol. The zero-order chi connectivity index (χ0) is 20.7. The number of benzene rings is 2. The highest BCUT2D eigenvalue weighted by molar-refractivity contribution is 7.99. The van der Waals surface area contributed by atoms with E-state index >= 15 is 0 Å². The van der Waals surface area contributed by atoms with Crippen molar-refractivity contribution in [2.24, 2.45) is 0 Å². The smallest absolute Gasteiger partial charge is 0.329 e. The largest absolute Gasteiger partial charge is 0.468 e. The van der Waals surface area contributed by atoms with Crippen molar-refractivity contribution >= 4 is 55.3 Å². The maximum absolute atomic E-state index is 12.2. The molecule has 0 bridgehead atoms. The number of carbonyl (C=O) groups excluding carboxylic acids is 1. The van der Waals surface area contributed by atoms with Gasteiger partial charge in [-0.25, -0.2) is 9.97 Å². The lowest BCUT2D eigenvalue weighted by molar-refractivity contribution is -0.141. The van der Waals surface area contributed by atoms with E-state index in [9.17, 15) is 10.1 Å². The third-order valence-corrected chi connectivity index (χ3v) is 6.45. The number of esters is 1. The Morgan fingerprint density at radius 3 is 2.63 bits per heavy atom. The summed E-state index contributed by atoms with van der Waals surface area (Å²) in [6.45, 7) is 0. The topological polar surface area (TPSA) is 106 Å². The first-order valence-corrected chi connectivity index (χ1v) is 10.5. The summed E-state index contributed by atoms with van der Waals surface area (Å²) in [6.07, 6.45) is 0. The van der Waals surface area contributed by atoms with Gasteiger partial charge in [-0.1, -0.05) is 35.6 Å². The summed E-state index contributed by atoms with van der Waals surface area (Å²) in [5, 5.41) is 19.2. The second kappa shape index (κ2) is 7.37. The summed E-state index contributed by atoms with van der Waals surface area (Å²) in [7, 11) is 1.24. The lowest BCUT2D eigenvalue weighted by Gasteiger charge is -2.11. The fourth-order valence-corrected chi connectivity index (χ4v) is 5.08. The lowest BCUT2D eigenvalue weighted by Crippen LogP contribution is -2.15. The molecule has 0 saturated carbocycles. The van der Waals surface area contributed by atoms with Crippen LogP contribution >= 0.6 is 23.1 Å². The molecule has 0 saturated heterocycles. The van der Waals surface area contributed by atoms with Crippen LogP contribution in [0.3, 0.4) is 0 Å². The number of hydrogen-bond donors (Lipinski definition) is 0. The first kappa shape index (κ1) is 18.5. The zero-order valence-electron chi connectivity index (χ0n) is 15.5. The van der Waals surface area contributed by atoms with Crippen LogP contribution in [0.4, 0.5) is 0 Å². The average Bonchev–Trinajstić information content (AvgIpc) is 3.34. The molecule has 3 aromatic heterocycles. The predicted octanol–water partition coefficient (Wildman–Crippen LogP) is 3.82. The molecule has 8 nitrogen and oxygen atoms in total. The number of nitriles is 1.